The summed E-state index contributed by atoms with van der Waals surface area (Å²) < 4.78 is 10.4. The number of ether oxygens (including phenoxy) is 1. The van der Waals surface area contributed by atoms with Crippen LogP contribution in [0.15, 0.2) is 46.1 Å². The Hall–Kier alpha value is -2.58. The van der Waals surface area contributed by atoms with Gasteiger partial charge in [0.1, 0.15) is 5.75 Å². The Morgan fingerprint density at radius 3 is 2.96 bits per heavy atom. The van der Waals surface area contributed by atoms with Crippen molar-refractivity contribution in [2.45, 2.75) is 23.8 Å². The van der Waals surface area contributed by atoms with Crippen LogP contribution < -0.4 is 10.1 Å². The van der Waals surface area contributed by atoms with Crippen LogP contribution in [0.4, 0.5) is 5.69 Å². The highest BCUT2D eigenvalue weighted by Crippen LogP contribution is 2.39. The Labute approximate surface area is 170 Å². The predicted octanol–water partition coefficient (Wildman–Crippen LogP) is 4.40. The number of carbonyl (C=O) groups excluding carboxylic acids is 1. The smallest absolute Gasteiger partial charge is 0.258 e. The summed E-state index contributed by atoms with van der Waals surface area (Å²) in [5.41, 5.74) is 1.40. The fraction of sp³-hybridized carbons (Fsp3) is 0.263. The van der Waals surface area contributed by atoms with Gasteiger partial charge in [0.2, 0.25) is 5.91 Å². The molecule has 28 heavy (non-hydrogen) atoms. The Morgan fingerprint density at radius 2 is 2.21 bits per heavy atom. The van der Waals surface area contributed by atoms with Gasteiger partial charge in [-0.25, -0.2) is 4.98 Å². The van der Waals surface area contributed by atoms with Gasteiger partial charge in [-0.3, -0.25) is 4.79 Å². The minimum atomic E-state index is -0.160. The van der Waals surface area contributed by atoms with Crippen LogP contribution in [0.3, 0.4) is 0 Å². The third-order valence-corrected chi connectivity index (χ3v) is 5.37. The summed E-state index contributed by atoms with van der Waals surface area (Å²) >= 11 is 7.40. The first kappa shape index (κ1) is 18.8. The fourth-order valence-electron chi connectivity index (χ4n) is 2.56. The van der Waals surface area contributed by atoms with Crippen LogP contribution in [0.25, 0.3) is 11.5 Å². The minimum absolute atomic E-state index is 0.160. The number of carbonyl (C=O) groups is 1. The van der Waals surface area contributed by atoms with E-state index in [1.807, 2.05) is 12.1 Å². The molecular formula is C19H17ClN4O3S. The lowest BCUT2D eigenvalue weighted by molar-refractivity contribution is -0.113. The highest BCUT2D eigenvalue weighted by molar-refractivity contribution is 7.99. The van der Waals surface area contributed by atoms with Gasteiger partial charge in [-0.05, 0) is 43.2 Å². The Balaban J connectivity index is 1.36. The molecule has 1 amide bonds. The third-order valence-electron chi connectivity index (χ3n) is 4.15. The summed E-state index contributed by atoms with van der Waals surface area (Å²) in [5, 5.41) is 7.97. The maximum Gasteiger partial charge on any atom is 0.258 e. The molecular weight excluding hydrogens is 400 g/mol. The van der Waals surface area contributed by atoms with Gasteiger partial charge in [0.15, 0.2) is 5.82 Å². The van der Waals surface area contributed by atoms with E-state index in [0.717, 1.165) is 24.2 Å². The number of nitrogens with zero attached hydrogens (tertiary/aromatic N) is 3. The molecule has 2 heterocycles. The van der Waals surface area contributed by atoms with Crippen LogP contribution in [0.5, 0.6) is 5.75 Å². The molecule has 4 rings (SSSR count). The van der Waals surface area contributed by atoms with Crippen molar-refractivity contribution in [1.82, 2.24) is 15.1 Å². The molecule has 144 valence electrons. The number of nitrogens with one attached hydrogen (secondary N) is 1. The van der Waals surface area contributed by atoms with Crippen molar-refractivity contribution >= 4 is 35.0 Å². The van der Waals surface area contributed by atoms with Crippen LogP contribution >= 0.6 is 23.4 Å². The van der Waals surface area contributed by atoms with E-state index >= 15 is 0 Å². The number of rotatable bonds is 7. The van der Waals surface area contributed by atoms with Crippen LogP contribution in [-0.2, 0) is 4.79 Å². The molecule has 0 saturated heterocycles. The number of amides is 1. The topological polar surface area (TPSA) is 90.1 Å². The van der Waals surface area contributed by atoms with E-state index < -0.39 is 0 Å². The summed E-state index contributed by atoms with van der Waals surface area (Å²) in [6.07, 6.45) is 3.90. The molecule has 0 radical (unpaired) electrons. The first-order valence-corrected chi connectivity index (χ1v) is 10.0. The molecule has 1 aromatic carbocycles. The zero-order valence-electron chi connectivity index (χ0n) is 15.0. The largest absolute Gasteiger partial charge is 0.495 e. The third kappa shape index (κ3) is 4.45. The van der Waals surface area contributed by atoms with Crippen LogP contribution in [0.1, 0.15) is 24.6 Å². The maximum atomic E-state index is 12.2. The average molecular weight is 417 g/mol. The molecule has 1 fully saturated rings. The molecule has 1 aliphatic rings. The van der Waals surface area contributed by atoms with E-state index in [1.165, 1.54) is 18.9 Å². The van der Waals surface area contributed by atoms with Crippen molar-refractivity contribution in [2.75, 3.05) is 18.2 Å². The Kier molecular flexibility index (Phi) is 5.50. The Bertz CT molecular complexity index is 1010. The zero-order chi connectivity index (χ0) is 19.5. The normalized spacial score (nSPS) is 13.4. The first-order chi connectivity index (χ1) is 13.6. The second-order valence-corrected chi connectivity index (χ2v) is 7.70. The minimum Gasteiger partial charge on any atom is -0.495 e. The Morgan fingerprint density at radius 1 is 1.36 bits per heavy atom. The quantitative estimate of drug-likeness (QED) is 0.570. The van der Waals surface area contributed by atoms with E-state index in [0.29, 0.717) is 33.3 Å². The lowest BCUT2D eigenvalue weighted by atomic mass is 10.3. The summed E-state index contributed by atoms with van der Waals surface area (Å²) in [6.45, 7) is 0. The van der Waals surface area contributed by atoms with Crippen molar-refractivity contribution in [3.8, 4) is 17.2 Å². The molecule has 0 bridgehead atoms. The fourth-order valence-corrected chi connectivity index (χ4v) is 3.52. The number of aromatic nitrogens is 3. The summed E-state index contributed by atoms with van der Waals surface area (Å²) in [7, 11) is 1.54. The molecule has 0 unspecified atom stereocenters. The monoisotopic (exact) mass is 416 g/mol. The van der Waals surface area contributed by atoms with Crippen LogP contribution in [0.2, 0.25) is 5.02 Å². The van der Waals surface area contributed by atoms with Gasteiger partial charge < -0.3 is 14.6 Å². The van der Waals surface area contributed by atoms with Crippen molar-refractivity contribution in [1.29, 1.82) is 0 Å². The van der Waals surface area contributed by atoms with Gasteiger partial charge in [-0.15, -0.1) is 0 Å². The van der Waals surface area contributed by atoms with E-state index in [4.69, 9.17) is 20.9 Å². The maximum absolute atomic E-state index is 12.2. The van der Waals surface area contributed by atoms with E-state index in [2.05, 4.69) is 20.4 Å². The lowest BCUT2D eigenvalue weighted by Gasteiger charge is -2.08. The van der Waals surface area contributed by atoms with Gasteiger partial charge in [-0.2, -0.15) is 4.98 Å². The SMILES string of the molecule is COc1ccc(NC(=O)CSc2cc(-c3nc(C4CC4)no3)ccn2)cc1Cl. The molecule has 1 N–H and O–H groups in total. The number of methoxy groups -OCH3 is 1. The number of hydrogen-bond donors (Lipinski definition) is 1. The standard InChI is InChI=1S/C19H17ClN4O3S/c1-26-15-5-4-13(9-14(15)20)22-16(25)10-28-17-8-12(6-7-21-17)19-23-18(24-27-19)11-2-3-11/h4-9,11H,2-3,10H2,1H3,(H,22,25). The zero-order valence-corrected chi connectivity index (χ0v) is 16.6. The van der Waals surface area contributed by atoms with Gasteiger partial charge in [0, 0.05) is 23.4 Å². The molecule has 9 heteroatoms. The number of hydrogen-bond acceptors (Lipinski definition) is 7. The highest BCUT2D eigenvalue weighted by Gasteiger charge is 2.29. The summed E-state index contributed by atoms with van der Waals surface area (Å²) in [4.78, 5) is 20.9. The number of halogens is 1. The van der Waals surface area contributed by atoms with Crippen LogP contribution in [-0.4, -0.2) is 33.9 Å². The number of thioether (sulfide) groups is 1. The van der Waals surface area contributed by atoms with Crippen molar-refractivity contribution in [3.63, 3.8) is 0 Å². The van der Waals surface area contributed by atoms with E-state index in [9.17, 15) is 4.79 Å². The van der Waals surface area contributed by atoms with Crippen LogP contribution in [0, 0.1) is 0 Å². The second-order valence-electron chi connectivity index (χ2n) is 6.30. The van der Waals surface area contributed by atoms with E-state index in [1.54, 1.807) is 24.4 Å². The van der Waals surface area contributed by atoms with Crippen molar-refractivity contribution < 1.29 is 14.1 Å². The van der Waals surface area contributed by atoms with Crippen molar-refractivity contribution in [2.24, 2.45) is 0 Å². The predicted molar refractivity (Wildman–Crippen MR) is 107 cm³/mol. The van der Waals surface area contributed by atoms with Gasteiger partial charge in [-0.1, -0.05) is 28.5 Å². The molecule has 3 aromatic rings. The molecule has 1 aliphatic carbocycles. The highest BCUT2D eigenvalue weighted by atomic mass is 35.5. The van der Waals surface area contributed by atoms with E-state index in [-0.39, 0.29) is 11.7 Å². The van der Waals surface area contributed by atoms with Gasteiger partial charge >= 0.3 is 0 Å². The second kappa shape index (κ2) is 8.20. The molecule has 1 saturated carbocycles. The molecule has 0 atom stereocenters. The molecule has 0 aliphatic heterocycles. The summed E-state index contributed by atoms with van der Waals surface area (Å²) in [6, 6.07) is 8.74. The molecule has 2 aromatic heterocycles. The van der Waals surface area contributed by atoms with Crippen molar-refractivity contribution in [3.05, 3.63) is 47.4 Å². The number of benzene rings is 1. The van der Waals surface area contributed by atoms with Gasteiger partial charge in [0.25, 0.3) is 5.89 Å². The molecule has 7 nitrogen and oxygen atoms in total. The first-order valence-electron chi connectivity index (χ1n) is 8.68. The number of pyridine rings is 1. The van der Waals surface area contributed by atoms with Gasteiger partial charge in [0.05, 0.1) is 22.9 Å². The average Bonchev–Trinajstić information content (AvgIpc) is 3.43. The summed E-state index contributed by atoms with van der Waals surface area (Å²) in [5.74, 6) is 2.27. The number of anilines is 1. The molecule has 0 spiro atoms. The lowest BCUT2D eigenvalue weighted by Crippen LogP contribution is -2.14.